The van der Waals surface area contributed by atoms with Crippen LogP contribution in [-0.4, -0.2) is 31.6 Å². The van der Waals surface area contributed by atoms with Crippen molar-refractivity contribution in [1.82, 2.24) is 0 Å². The van der Waals surface area contributed by atoms with E-state index in [1.54, 1.807) is 18.2 Å². The lowest BCUT2D eigenvalue weighted by atomic mass is 9.94. The van der Waals surface area contributed by atoms with E-state index in [0.717, 1.165) is 16.0 Å². The number of esters is 1. The van der Waals surface area contributed by atoms with Crippen LogP contribution < -0.4 is 10.2 Å². The average Bonchev–Trinajstić information content (AvgIpc) is 2.63. The lowest BCUT2D eigenvalue weighted by molar-refractivity contribution is -0.924. The summed E-state index contributed by atoms with van der Waals surface area (Å²) >= 11 is 12.0. The number of hydrogen-bond acceptors (Lipinski definition) is 3. The van der Waals surface area contributed by atoms with Crippen LogP contribution >= 0.6 is 23.2 Å². The Morgan fingerprint density at radius 1 is 1.19 bits per heavy atom. The number of carbonyl (C=O) groups excluding carboxylic acids is 2. The van der Waals surface area contributed by atoms with Gasteiger partial charge < -0.3 is 15.0 Å². The Labute approximate surface area is 161 Å². The van der Waals surface area contributed by atoms with E-state index in [1.807, 2.05) is 24.3 Å². The van der Waals surface area contributed by atoms with E-state index in [4.69, 9.17) is 27.9 Å². The zero-order chi connectivity index (χ0) is 18.7. The van der Waals surface area contributed by atoms with Gasteiger partial charge in [0.05, 0.1) is 17.8 Å². The van der Waals surface area contributed by atoms with Crippen LogP contribution in [-0.2, 0) is 27.3 Å². The van der Waals surface area contributed by atoms with Crippen molar-refractivity contribution in [3.05, 3.63) is 63.6 Å². The molecule has 0 fully saturated rings. The van der Waals surface area contributed by atoms with Crippen LogP contribution in [0.25, 0.3) is 0 Å². The zero-order valence-corrected chi connectivity index (χ0v) is 15.7. The number of quaternary nitrogens is 1. The molecule has 0 aromatic heterocycles. The topological polar surface area (TPSA) is 59.8 Å². The molecule has 1 amide bonds. The van der Waals surface area contributed by atoms with Crippen LogP contribution in [0.5, 0.6) is 0 Å². The van der Waals surface area contributed by atoms with Crippen LogP contribution in [0, 0.1) is 0 Å². The van der Waals surface area contributed by atoms with Crippen LogP contribution in [0.2, 0.25) is 10.0 Å². The molecule has 1 aliphatic heterocycles. The summed E-state index contributed by atoms with van der Waals surface area (Å²) in [5.74, 6) is -0.538. The number of carbonyl (C=O) groups is 2. The van der Waals surface area contributed by atoms with E-state index >= 15 is 0 Å². The summed E-state index contributed by atoms with van der Waals surface area (Å²) in [4.78, 5) is 25.6. The Morgan fingerprint density at radius 2 is 1.92 bits per heavy atom. The molecule has 0 saturated heterocycles. The minimum atomic E-state index is -0.415. The van der Waals surface area contributed by atoms with Gasteiger partial charge in [0.15, 0.2) is 12.6 Å². The summed E-state index contributed by atoms with van der Waals surface area (Å²) in [5, 5.41) is 3.65. The normalized spacial score (nSPS) is 18.7. The fraction of sp³-hybridized carbons (Fsp3) is 0.263. The number of benzene rings is 2. The maximum Gasteiger partial charge on any atom is 0.365 e. The van der Waals surface area contributed by atoms with Crippen LogP contribution in [0.1, 0.15) is 11.1 Å². The third-order valence-electron chi connectivity index (χ3n) is 4.53. The maximum absolute atomic E-state index is 12.5. The van der Waals surface area contributed by atoms with Crippen molar-refractivity contribution in [2.75, 3.05) is 19.0 Å². The Morgan fingerprint density at radius 3 is 2.62 bits per heavy atom. The van der Waals surface area contributed by atoms with Gasteiger partial charge in [-0.05, 0) is 23.8 Å². The first-order chi connectivity index (χ1) is 12.5. The third-order valence-corrected chi connectivity index (χ3v) is 5.08. The van der Waals surface area contributed by atoms with Gasteiger partial charge in [-0.2, -0.15) is 0 Å². The van der Waals surface area contributed by atoms with E-state index < -0.39 is 6.04 Å². The first-order valence-electron chi connectivity index (χ1n) is 8.22. The van der Waals surface area contributed by atoms with Gasteiger partial charge in [-0.15, -0.1) is 0 Å². The second-order valence-corrected chi connectivity index (χ2v) is 7.08. The van der Waals surface area contributed by atoms with E-state index in [0.29, 0.717) is 28.7 Å². The van der Waals surface area contributed by atoms with Crippen molar-refractivity contribution >= 4 is 40.8 Å². The number of halogens is 2. The number of hydrogen-bond donors (Lipinski definition) is 2. The average molecular weight is 394 g/mol. The quantitative estimate of drug-likeness (QED) is 0.782. The summed E-state index contributed by atoms with van der Waals surface area (Å²) in [7, 11) is 1.37. The van der Waals surface area contributed by atoms with E-state index in [-0.39, 0.29) is 18.4 Å². The molecular formula is C19H19Cl2N2O3+. The molecule has 0 aliphatic carbocycles. The van der Waals surface area contributed by atoms with Crippen molar-refractivity contribution in [2.24, 2.45) is 0 Å². The first kappa shape index (κ1) is 18.7. The molecular weight excluding hydrogens is 375 g/mol. The van der Waals surface area contributed by atoms with Gasteiger partial charge >= 0.3 is 5.97 Å². The van der Waals surface area contributed by atoms with E-state index in [2.05, 4.69) is 5.32 Å². The van der Waals surface area contributed by atoms with Gasteiger partial charge in [-0.3, -0.25) is 4.79 Å². The molecule has 0 radical (unpaired) electrons. The van der Waals surface area contributed by atoms with Crippen molar-refractivity contribution in [1.29, 1.82) is 0 Å². The molecule has 0 spiro atoms. The summed E-state index contributed by atoms with van der Waals surface area (Å²) in [6, 6.07) is 12.4. The highest BCUT2D eigenvalue weighted by Gasteiger charge is 2.37. The molecule has 7 heteroatoms. The first-order valence-corrected chi connectivity index (χ1v) is 8.97. The molecule has 2 atom stereocenters. The summed E-state index contributed by atoms with van der Waals surface area (Å²) in [6.07, 6.45) is 0.549. The second kappa shape index (κ2) is 8.08. The SMILES string of the molecule is COC(=O)[C@@H]1Cc2ccccc2C[NH+]1CC(=O)Nc1ccc(Cl)cc1Cl. The monoisotopic (exact) mass is 393 g/mol. The molecule has 0 bridgehead atoms. The number of fused-ring (bicyclic) bond motifs is 1. The van der Waals surface area contributed by atoms with Gasteiger partial charge in [-0.25, -0.2) is 4.79 Å². The number of nitrogens with one attached hydrogen (secondary N) is 2. The molecule has 26 heavy (non-hydrogen) atoms. The lowest BCUT2D eigenvalue weighted by Crippen LogP contribution is -3.17. The number of methoxy groups -OCH3 is 1. The number of ether oxygens (including phenoxy) is 1. The highest BCUT2D eigenvalue weighted by molar-refractivity contribution is 6.36. The predicted octanol–water partition coefficient (Wildman–Crippen LogP) is 2.11. The Bertz CT molecular complexity index is 841. The van der Waals surface area contributed by atoms with Crippen molar-refractivity contribution in [3.63, 3.8) is 0 Å². The minimum absolute atomic E-state index is 0.132. The lowest BCUT2D eigenvalue weighted by Gasteiger charge is -2.31. The zero-order valence-electron chi connectivity index (χ0n) is 14.2. The Hall–Kier alpha value is -2.08. The third kappa shape index (κ3) is 4.18. The number of anilines is 1. The fourth-order valence-electron chi connectivity index (χ4n) is 3.23. The molecule has 136 valence electrons. The molecule has 0 saturated carbocycles. The molecule has 1 heterocycles. The van der Waals surface area contributed by atoms with Crippen LogP contribution in [0.15, 0.2) is 42.5 Å². The molecule has 2 N–H and O–H groups in total. The highest BCUT2D eigenvalue weighted by Crippen LogP contribution is 2.25. The fourth-order valence-corrected chi connectivity index (χ4v) is 3.69. The number of amides is 1. The Balaban J connectivity index is 1.75. The highest BCUT2D eigenvalue weighted by atomic mass is 35.5. The largest absolute Gasteiger partial charge is 0.465 e. The van der Waals surface area contributed by atoms with Crippen molar-refractivity contribution in [3.8, 4) is 0 Å². The van der Waals surface area contributed by atoms with Crippen molar-refractivity contribution in [2.45, 2.75) is 19.0 Å². The van der Waals surface area contributed by atoms with Gasteiger partial charge in [0.1, 0.15) is 6.54 Å². The maximum atomic E-state index is 12.5. The molecule has 1 aliphatic rings. The molecule has 2 aromatic carbocycles. The molecule has 5 nitrogen and oxygen atoms in total. The van der Waals surface area contributed by atoms with Gasteiger partial charge in [0.25, 0.3) is 5.91 Å². The smallest absolute Gasteiger partial charge is 0.365 e. The summed E-state index contributed by atoms with van der Waals surface area (Å²) in [5.41, 5.74) is 2.75. The van der Waals surface area contributed by atoms with Crippen LogP contribution in [0.3, 0.4) is 0 Å². The molecule has 2 aromatic rings. The van der Waals surface area contributed by atoms with Gasteiger partial charge in [0, 0.05) is 17.0 Å². The van der Waals surface area contributed by atoms with Gasteiger partial charge in [-0.1, -0.05) is 47.5 Å². The summed E-state index contributed by atoms with van der Waals surface area (Å²) in [6.45, 7) is 0.713. The Kier molecular flexibility index (Phi) is 5.81. The van der Waals surface area contributed by atoms with Gasteiger partial charge in [0.2, 0.25) is 0 Å². The van der Waals surface area contributed by atoms with Crippen molar-refractivity contribution < 1.29 is 19.2 Å². The van der Waals surface area contributed by atoms with E-state index in [9.17, 15) is 9.59 Å². The minimum Gasteiger partial charge on any atom is -0.465 e. The predicted molar refractivity (Wildman–Crippen MR) is 101 cm³/mol. The second-order valence-electron chi connectivity index (χ2n) is 6.23. The molecule has 1 unspecified atom stereocenters. The summed E-state index contributed by atoms with van der Waals surface area (Å²) < 4.78 is 4.94. The number of rotatable bonds is 4. The molecule has 3 rings (SSSR count). The van der Waals surface area contributed by atoms with E-state index in [1.165, 1.54) is 7.11 Å². The van der Waals surface area contributed by atoms with Crippen LogP contribution in [0.4, 0.5) is 5.69 Å². The standard InChI is InChI=1S/C19H18Cl2N2O3/c1-26-19(25)17-8-12-4-2-3-5-13(12)10-23(17)11-18(24)22-16-7-6-14(20)9-15(16)21/h2-7,9,17H,8,10-11H2,1H3,(H,22,24)/p+1/t17-/m0/s1.